The van der Waals surface area contributed by atoms with Crippen LogP contribution in [0.4, 0.5) is 4.39 Å². The Kier molecular flexibility index (Phi) is 4.67. The van der Waals surface area contributed by atoms with E-state index in [1.165, 1.54) is 18.2 Å². The summed E-state index contributed by atoms with van der Waals surface area (Å²) in [6.45, 7) is 0. The number of nitriles is 1. The lowest BCUT2D eigenvalue weighted by Crippen LogP contribution is -1.88. The van der Waals surface area contributed by atoms with Crippen molar-refractivity contribution in [3.05, 3.63) is 68.4 Å². The highest BCUT2D eigenvalue weighted by Gasteiger charge is 2.09. The number of hydrogen-bond donors (Lipinski definition) is 0. The summed E-state index contributed by atoms with van der Waals surface area (Å²) in [7, 11) is 0. The van der Waals surface area contributed by atoms with Crippen molar-refractivity contribution in [3.63, 3.8) is 0 Å². The van der Waals surface area contributed by atoms with Crippen molar-refractivity contribution < 1.29 is 4.39 Å². The molecule has 0 fully saturated rings. The third-order valence-corrected chi connectivity index (χ3v) is 3.40. The zero-order chi connectivity index (χ0) is 14.7. The molecule has 1 nitrogen and oxygen atoms in total. The Morgan fingerprint density at radius 2 is 1.70 bits per heavy atom. The molecule has 2 rings (SSSR count). The quantitative estimate of drug-likeness (QED) is 0.501. The molecule has 0 spiro atoms. The molecule has 0 heterocycles. The highest BCUT2D eigenvalue weighted by Crippen LogP contribution is 2.27. The van der Waals surface area contributed by atoms with Gasteiger partial charge in [-0.3, -0.25) is 0 Å². The molecule has 0 saturated heterocycles. The van der Waals surface area contributed by atoms with Crippen LogP contribution in [0.5, 0.6) is 0 Å². The van der Waals surface area contributed by atoms with Gasteiger partial charge < -0.3 is 0 Å². The predicted molar refractivity (Wildman–Crippen MR) is 81.4 cm³/mol. The number of allylic oxidation sites excluding steroid dienone is 1. The van der Waals surface area contributed by atoms with E-state index in [-0.39, 0.29) is 16.2 Å². The average molecular weight is 327 g/mol. The molecule has 0 aliphatic rings. The fraction of sp³-hybridized carbons (Fsp3) is 0. The summed E-state index contributed by atoms with van der Waals surface area (Å²) >= 11 is 17.5. The molecular weight excluding hydrogens is 320 g/mol. The van der Waals surface area contributed by atoms with Crippen LogP contribution in [0.25, 0.3) is 11.6 Å². The number of rotatable bonds is 2. The van der Waals surface area contributed by atoms with Gasteiger partial charge in [0.05, 0.1) is 11.6 Å². The zero-order valence-corrected chi connectivity index (χ0v) is 12.3. The largest absolute Gasteiger partial charge is 0.206 e. The lowest BCUT2D eigenvalue weighted by atomic mass is 10.0. The van der Waals surface area contributed by atoms with Crippen molar-refractivity contribution in [2.24, 2.45) is 0 Å². The molecule has 0 bridgehead atoms. The standard InChI is InChI=1S/C15H7Cl3FN/c16-11-2-1-9(14(18)6-11)5-10(8-20)13-4-3-12(17)7-15(13)19/h1-7H/b10-5+. The summed E-state index contributed by atoms with van der Waals surface area (Å²) in [4.78, 5) is 0. The van der Waals surface area contributed by atoms with Crippen LogP contribution in [-0.2, 0) is 0 Å². The van der Waals surface area contributed by atoms with Gasteiger partial charge in [0.1, 0.15) is 5.82 Å². The first-order chi connectivity index (χ1) is 9.51. The van der Waals surface area contributed by atoms with Gasteiger partial charge in [-0.05, 0) is 42.0 Å². The molecule has 0 radical (unpaired) electrons. The Morgan fingerprint density at radius 1 is 1.05 bits per heavy atom. The SMILES string of the molecule is N#C/C(=C\c1ccc(Cl)cc1Cl)c1ccc(Cl)cc1F. The number of benzene rings is 2. The Hall–Kier alpha value is -1.53. The monoisotopic (exact) mass is 325 g/mol. The molecule has 20 heavy (non-hydrogen) atoms. The van der Waals surface area contributed by atoms with E-state index in [4.69, 9.17) is 34.8 Å². The van der Waals surface area contributed by atoms with Crippen LogP contribution in [0, 0.1) is 17.1 Å². The van der Waals surface area contributed by atoms with Crippen LogP contribution < -0.4 is 0 Å². The van der Waals surface area contributed by atoms with E-state index in [0.29, 0.717) is 15.6 Å². The Morgan fingerprint density at radius 3 is 2.30 bits per heavy atom. The molecule has 100 valence electrons. The van der Waals surface area contributed by atoms with Crippen molar-refractivity contribution in [2.45, 2.75) is 0 Å². The van der Waals surface area contributed by atoms with Gasteiger partial charge in [0, 0.05) is 20.6 Å². The molecule has 0 aliphatic heterocycles. The van der Waals surface area contributed by atoms with Crippen LogP contribution in [-0.4, -0.2) is 0 Å². The van der Waals surface area contributed by atoms with Gasteiger partial charge in [-0.1, -0.05) is 40.9 Å². The minimum absolute atomic E-state index is 0.156. The molecule has 2 aromatic carbocycles. The summed E-state index contributed by atoms with van der Waals surface area (Å²) in [5.74, 6) is -0.560. The summed E-state index contributed by atoms with van der Waals surface area (Å²) in [6, 6.07) is 11.0. The van der Waals surface area contributed by atoms with Crippen LogP contribution in [0.3, 0.4) is 0 Å². The maximum Gasteiger partial charge on any atom is 0.133 e. The lowest BCUT2D eigenvalue weighted by molar-refractivity contribution is 0.624. The normalized spacial score (nSPS) is 11.2. The molecule has 0 aliphatic carbocycles. The van der Waals surface area contributed by atoms with Gasteiger partial charge in [0.15, 0.2) is 0 Å². The first-order valence-electron chi connectivity index (χ1n) is 5.53. The summed E-state index contributed by atoms with van der Waals surface area (Å²) in [5.41, 5.74) is 0.910. The van der Waals surface area contributed by atoms with Crippen molar-refractivity contribution >= 4 is 46.5 Å². The van der Waals surface area contributed by atoms with Crippen molar-refractivity contribution in [1.29, 1.82) is 5.26 Å². The minimum Gasteiger partial charge on any atom is -0.206 e. The molecule has 0 N–H and O–H groups in total. The van der Waals surface area contributed by atoms with Gasteiger partial charge in [-0.2, -0.15) is 5.26 Å². The Bertz CT molecular complexity index is 732. The van der Waals surface area contributed by atoms with Gasteiger partial charge in [0.25, 0.3) is 0 Å². The van der Waals surface area contributed by atoms with E-state index in [1.807, 2.05) is 6.07 Å². The van der Waals surface area contributed by atoms with Crippen molar-refractivity contribution in [2.75, 3.05) is 0 Å². The molecule has 5 heteroatoms. The van der Waals surface area contributed by atoms with Gasteiger partial charge in [-0.15, -0.1) is 0 Å². The number of halogens is 4. The van der Waals surface area contributed by atoms with E-state index in [9.17, 15) is 9.65 Å². The summed E-state index contributed by atoms with van der Waals surface area (Å²) in [6.07, 6.45) is 1.50. The van der Waals surface area contributed by atoms with Crippen molar-refractivity contribution in [1.82, 2.24) is 0 Å². The maximum atomic E-state index is 13.8. The fourth-order valence-corrected chi connectivity index (χ4v) is 2.27. The van der Waals surface area contributed by atoms with E-state index >= 15 is 0 Å². The zero-order valence-electron chi connectivity index (χ0n) is 10.0. The maximum absolute atomic E-state index is 13.8. The van der Waals surface area contributed by atoms with Gasteiger partial charge in [0.2, 0.25) is 0 Å². The molecule has 0 aromatic heterocycles. The van der Waals surface area contributed by atoms with E-state index in [2.05, 4.69) is 0 Å². The lowest BCUT2D eigenvalue weighted by Gasteiger charge is -2.04. The first kappa shape index (κ1) is 14.9. The fourth-order valence-electron chi connectivity index (χ4n) is 1.65. The Labute approximate surface area is 130 Å². The second kappa shape index (κ2) is 6.28. The third-order valence-electron chi connectivity index (χ3n) is 2.60. The second-order valence-corrected chi connectivity index (χ2v) is 5.24. The Balaban J connectivity index is 2.52. The number of nitrogens with zero attached hydrogens (tertiary/aromatic N) is 1. The van der Waals surface area contributed by atoms with Gasteiger partial charge in [-0.25, -0.2) is 4.39 Å². The van der Waals surface area contributed by atoms with E-state index in [0.717, 1.165) is 6.07 Å². The second-order valence-electron chi connectivity index (χ2n) is 3.96. The van der Waals surface area contributed by atoms with Crippen LogP contribution in [0.2, 0.25) is 15.1 Å². The number of hydrogen-bond acceptors (Lipinski definition) is 1. The van der Waals surface area contributed by atoms with Crippen LogP contribution >= 0.6 is 34.8 Å². The van der Waals surface area contributed by atoms with Crippen molar-refractivity contribution in [3.8, 4) is 6.07 Å². The van der Waals surface area contributed by atoms with E-state index in [1.54, 1.807) is 18.2 Å². The first-order valence-corrected chi connectivity index (χ1v) is 6.67. The molecule has 2 aromatic rings. The van der Waals surface area contributed by atoms with E-state index < -0.39 is 5.82 Å². The van der Waals surface area contributed by atoms with Gasteiger partial charge >= 0.3 is 0 Å². The smallest absolute Gasteiger partial charge is 0.133 e. The highest BCUT2D eigenvalue weighted by molar-refractivity contribution is 6.35. The predicted octanol–water partition coefficient (Wildman–Crippen LogP) is 5.85. The summed E-state index contributed by atoms with van der Waals surface area (Å²) < 4.78 is 13.8. The molecular formula is C15H7Cl3FN. The molecule has 0 atom stereocenters. The van der Waals surface area contributed by atoms with Crippen LogP contribution in [0.15, 0.2) is 36.4 Å². The average Bonchev–Trinajstić information content (AvgIpc) is 2.39. The van der Waals surface area contributed by atoms with Crippen LogP contribution in [0.1, 0.15) is 11.1 Å². The molecule has 0 saturated carbocycles. The topological polar surface area (TPSA) is 23.8 Å². The summed E-state index contributed by atoms with van der Waals surface area (Å²) in [5, 5.41) is 10.3. The highest BCUT2D eigenvalue weighted by atomic mass is 35.5. The molecule has 0 amide bonds. The minimum atomic E-state index is -0.560. The third kappa shape index (κ3) is 3.32. The molecule has 0 unspecified atom stereocenters.